The summed E-state index contributed by atoms with van der Waals surface area (Å²) in [6.45, 7) is 3.79. The average Bonchev–Trinajstić information content (AvgIpc) is 2.47. The molecule has 0 spiro atoms. The monoisotopic (exact) mass is 341 g/mol. The Morgan fingerprint density at radius 3 is 2.30 bits per heavy atom. The highest BCUT2D eigenvalue weighted by atomic mass is 35.5. The number of carbonyl (C=O) groups is 3. The third-order valence-corrected chi connectivity index (χ3v) is 3.25. The number of hydrogen-bond donors (Lipinski definition) is 1. The second kappa shape index (κ2) is 9.84. The van der Waals surface area contributed by atoms with Gasteiger partial charge in [0.25, 0.3) is 0 Å². The zero-order valence-electron chi connectivity index (χ0n) is 13.1. The third kappa shape index (κ3) is 6.69. The molecular weight excluding hydrogens is 322 g/mol. The van der Waals surface area contributed by atoms with Crippen LogP contribution in [0, 0.1) is 0 Å². The summed E-state index contributed by atoms with van der Waals surface area (Å²) in [5.74, 6) is -1.63. The van der Waals surface area contributed by atoms with Crippen LogP contribution in [-0.4, -0.2) is 31.1 Å². The molecule has 1 rings (SSSR count). The molecular formula is C16H20ClNO5. The molecule has 0 aliphatic rings. The summed E-state index contributed by atoms with van der Waals surface area (Å²) in [6.07, 6.45) is -0.496. The van der Waals surface area contributed by atoms with Gasteiger partial charge in [0, 0.05) is 5.02 Å². The van der Waals surface area contributed by atoms with E-state index in [1.54, 1.807) is 38.1 Å². The molecule has 0 aromatic heterocycles. The Kier molecular flexibility index (Phi) is 8.11. The normalized spacial score (nSPS) is 11.4. The van der Waals surface area contributed by atoms with Gasteiger partial charge in [0.2, 0.25) is 5.91 Å². The highest BCUT2D eigenvalue weighted by Gasteiger charge is 2.22. The fourth-order valence-electron chi connectivity index (χ4n) is 1.97. The molecule has 6 nitrogen and oxygen atoms in total. The van der Waals surface area contributed by atoms with Crippen LogP contribution in [0.3, 0.4) is 0 Å². The Bertz CT molecular complexity index is 561. The van der Waals surface area contributed by atoms with E-state index in [4.69, 9.17) is 21.1 Å². The largest absolute Gasteiger partial charge is 0.466 e. The topological polar surface area (TPSA) is 81.7 Å². The van der Waals surface area contributed by atoms with Gasteiger partial charge < -0.3 is 14.8 Å². The first-order chi connectivity index (χ1) is 11.0. The van der Waals surface area contributed by atoms with Crippen LogP contribution >= 0.6 is 11.6 Å². The van der Waals surface area contributed by atoms with E-state index in [0.717, 1.165) is 0 Å². The van der Waals surface area contributed by atoms with Gasteiger partial charge in [-0.25, -0.2) is 0 Å². The summed E-state index contributed by atoms with van der Waals surface area (Å²) >= 11 is 6.12. The van der Waals surface area contributed by atoms with Crippen molar-refractivity contribution in [2.24, 2.45) is 0 Å². The summed E-state index contributed by atoms with van der Waals surface area (Å²) < 4.78 is 9.64. The molecule has 126 valence electrons. The molecule has 1 aromatic rings. The van der Waals surface area contributed by atoms with Crippen molar-refractivity contribution >= 4 is 29.4 Å². The van der Waals surface area contributed by atoms with Gasteiger partial charge in [-0.1, -0.05) is 29.8 Å². The number of hydrogen-bond acceptors (Lipinski definition) is 5. The van der Waals surface area contributed by atoms with Crippen LogP contribution in [0.4, 0.5) is 0 Å². The molecule has 0 saturated carbocycles. The van der Waals surface area contributed by atoms with Gasteiger partial charge in [0.1, 0.15) is 6.42 Å². The quantitative estimate of drug-likeness (QED) is 0.580. The lowest BCUT2D eigenvalue weighted by Gasteiger charge is -2.19. The number of ether oxygens (including phenoxy) is 2. The summed E-state index contributed by atoms with van der Waals surface area (Å²) in [7, 11) is 0. The van der Waals surface area contributed by atoms with Crippen molar-refractivity contribution in [3.8, 4) is 0 Å². The highest BCUT2D eigenvalue weighted by molar-refractivity contribution is 6.31. The smallest absolute Gasteiger partial charge is 0.315 e. The first-order valence-electron chi connectivity index (χ1n) is 7.32. The number of esters is 2. The Hall–Kier alpha value is -2.08. The van der Waals surface area contributed by atoms with E-state index in [-0.39, 0.29) is 19.6 Å². The van der Waals surface area contributed by atoms with E-state index in [9.17, 15) is 14.4 Å². The van der Waals surface area contributed by atoms with Crippen LogP contribution in [0.15, 0.2) is 24.3 Å². The Morgan fingerprint density at radius 1 is 1.09 bits per heavy atom. The van der Waals surface area contributed by atoms with Crippen molar-refractivity contribution in [2.75, 3.05) is 13.2 Å². The number of amides is 1. The zero-order valence-corrected chi connectivity index (χ0v) is 13.9. The minimum Gasteiger partial charge on any atom is -0.466 e. The third-order valence-electron chi connectivity index (χ3n) is 2.90. The number of carbonyl (C=O) groups excluding carboxylic acids is 3. The maximum atomic E-state index is 12.0. The summed E-state index contributed by atoms with van der Waals surface area (Å²) in [5, 5.41) is 3.04. The number of nitrogens with one attached hydrogen (secondary N) is 1. The van der Waals surface area contributed by atoms with E-state index in [1.807, 2.05) is 0 Å². The molecule has 7 heteroatoms. The van der Waals surface area contributed by atoms with Gasteiger partial charge in [-0.05, 0) is 25.5 Å². The Labute approximate surface area is 140 Å². The minimum absolute atomic E-state index is 0.0772. The summed E-state index contributed by atoms with van der Waals surface area (Å²) in [4.78, 5) is 35.1. The van der Waals surface area contributed by atoms with Crippen molar-refractivity contribution in [3.63, 3.8) is 0 Å². The molecule has 0 aliphatic heterocycles. The molecule has 1 N–H and O–H groups in total. The Morgan fingerprint density at radius 2 is 1.70 bits per heavy atom. The highest BCUT2D eigenvalue weighted by Crippen LogP contribution is 2.25. The van der Waals surface area contributed by atoms with E-state index < -0.39 is 30.3 Å². The van der Waals surface area contributed by atoms with Crippen molar-refractivity contribution < 1.29 is 23.9 Å². The molecule has 1 amide bonds. The zero-order chi connectivity index (χ0) is 17.2. The van der Waals surface area contributed by atoms with Gasteiger partial charge in [0.15, 0.2) is 0 Å². The molecule has 1 aromatic carbocycles. The molecule has 1 unspecified atom stereocenters. The van der Waals surface area contributed by atoms with E-state index in [2.05, 4.69) is 5.32 Å². The maximum Gasteiger partial charge on any atom is 0.315 e. The van der Waals surface area contributed by atoms with Crippen molar-refractivity contribution in [1.29, 1.82) is 0 Å². The fraction of sp³-hybridized carbons (Fsp3) is 0.438. The summed E-state index contributed by atoms with van der Waals surface area (Å²) in [6, 6.07) is 6.18. The molecule has 0 saturated heterocycles. The number of benzene rings is 1. The molecule has 0 bridgehead atoms. The first kappa shape index (κ1) is 19.0. The van der Waals surface area contributed by atoms with Crippen LogP contribution in [0.5, 0.6) is 0 Å². The molecule has 0 aliphatic carbocycles. The predicted molar refractivity (Wildman–Crippen MR) is 84.8 cm³/mol. The van der Waals surface area contributed by atoms with Crippen molar-refractivity contribution in [3.05, 3.63) is 34.9 Å². The second-order valence-corrected chi connectivity index (χ2v) is 5.04. The van der Waals surface area contributed by atoms with Gasteiger partial charge in [-0.2, -0.15) is 0 Å². The van der Waals surface area contributed by atoms with E-state index in [1.165, 1.54) is 0 Å². The van der Waals surface area contributed by atoms with E-state index >= 15 is 0 Å². The maximum absolute atomic E-state index is 12.0. The molecule has 23 heavy (non-hydrogen) atoms. The van der Waals surface area contributed by atoms with Gasteiger partial charge >= 0.3 is 11.9 Å². The standard InChI is InChI=1S/C16H20ClNO5/c1-3-22-15(20)9-13(11-7-5-6-8-12(11)17)18-14(19)10-16(21)23-4-2/h5-8,13H,3-4,9-10H2,1-2H3,(H,18,19). The van der Waals surface area contributed by atoms with Crippen molar-refractivity contribution in [2.45, 2.75) is 32.7 Å². The van der Waals surface area contributed by atoms with Crippen LogP contribution in [-0.2, 0) is 23.9 Å². The first-order valence-corrected chi connectivity index (χ1v) is 7.70. The van der Waals surface area contributed by atoms with Crippen LogP contribution < -0.4 is 5.32 Å². The molecule has 0 fully saturated rings. The lowest BCUT2D eigenvalue weighted by molar-refractivity contribution is -0.146. The van der Waals surface area contributed by atoms with Crippen molar-refractivity contribution in [1.82, 2.24) is 5.32 Å². The van der Waals surface area contributed by atoms with Crippen LogP contribution in [0.25, 0.3) is 0 Å². The Balaban J connectivity index is 2.83. The fourth-order valence-corrected chi connectivity index (χ4v) is 2.24. The SMILES string of the molecule is CCOC(=O)CC(=O)NC(CC(=O)OCC)c1ccccc1Cl. The lowest BCUT2D eigenvalue weighted by atomic mass is 10.0. The number of rotatable bonds is 8. The van der Waals surface area contributed by atoms with E-state index in [0.29, 0.717) is 10.6 Å². The second-order valence-electron chi connectivity index (χ2n) is 4.63. The van der Waals surface area contributed by atoms with Gasteiger partial charge in [-0.3, -0.25) is 14.4 Å². The average molecular weight is 342 g/mol. The molecule has 0 radical (unpaired) electrons. The summed E-state index contributed by atoms with van der Waals surface area (Å²) in [5.41, 5.74) is 0.583. The van der Waals surface area contributed by atoms with Gasteiger partial charge in [-0.15, -0.1) is 0 Å². The molecule has 0 heterocycles. The predicted octanol–water partition coefficient (Wildman–Crippen LogP) is 2.40. The lowest BCUT2D eigenvalue weighted by Crippen LogP contribution is -2.32. The number of halogens is 1. The van der Waals surface area contributed by atoms with Crippen LogP contribution in [0.2, 0.25) is 5.02 Å². The minimum atomic E-state index is -0.676. The molecule has 1 atom stereocenters. The van der Waals surface area contributed by atoms with Gasteiger partial charge in [0.05, 0.1) is 25.7 Å². The van der Waals surface area contributed by atoms with Crippen LogP contribution in [0.1, 0.15) is 38.3 Å².